The van der Waals surface area contributed by atoms with Crippen LogP contribution in [0.25, 0.3) is 0 Å². The van der Waals surface area contributed by atoms with Crippen LogP contribution in [0.3, 0.4) is 0 Å². The van der Waals surface area contributed by atoms with E-state index in [0.717, 1.165) is 12.1 Å². The fourth-order valence-electron chi connectivity index (χ4n) is 2.85. The van der Waals surface area contributed by atoms with Crippen molar-refractivity contribution in [1.82, 2.24) is 24.8 Å². The molecule has 24 heavy (non-hydrogen) atoms. The number of aryl methyl sites for hydroxylation is 1. The first-order valence-electron chi connectivity index (χ1n) is 7.98. The zero-order valence-corrected chi connectivity index (χ0v) is 14.1. The first-order chi connectivity index (χ1) is 11.4. The number of imidazole rings is 1. The van der Waals surface area contributed by atoms with Gasteiger partial charge in [-0.25, -0.2) is 9.97 Å². The number of aromatic nitrogens is 4. The summed E-state index contributed by atoms with van der Waals surface area (Å²) in [6, 6.07) is -0.0113. The van der Waals surface area contributed by atoms with E-state index in [2.05, 4.69) is 20.3 Å². The molecule has 0 aliphatic carbocycles. The largest absolute Gasteiger partial charge is 0.350 e. The van der Waals surface area contributed by atoms with Crippen LogP contribution in [0.2, 0.25) is 0 Å². The van der Waals surface area contributed by atoms with Crippen molar-refractivity contribution in [2.45, 2.75) is 38.8 Å². The van der Waals surface area contributed by atoms with E-state index in [1.54, 1.807) is 12.5 Å². The van der Waals surface area contributed by atoms with E-state index < -0.39 is 5.54 Å². The molecular formula is C16H22N6O2. The lowest BCUT2D eigenvalue weighted by Crippen LogP contribution is -2.48. The number of anilines is 1. The fraction of sp³-hybridized carbons (Fsp3) is 0.500. The summed E-state index contributed by atoms with van der Waals surface area (Å²) in [6.07, 6.45) is 7.38. The third-order valence-electron chi connectivity index (χ3n) is 4.42. The maximum absolute atomic E-state index is 12.7. The molecule has 128 valence electrons. The standard InChI is InChI=1S/C16H22N6O2/c1-11-8-22(10-19-11)16(2,3)15(24)20-12-4-7-21(9-12)13-14(23)18-6-5-17-13/h5-6,8,10,12H,4,7,9H2,1-3H3,(H,18,23)(H,20,24). The molecule has 8 heteroatoms. The van der Waals surface area contributed by atoms with Crippen molar-refractivity contribution in [1.29, 1.82) is 0 Å². The van der Waals surface area contributed by atoms with Crippen LogP contribution in [0, 0.1) is 6.92 Å². The van der Waals surface area contributed by atoms with Crippen molar-refractivity contribution in [3.8, 4) is 0 Å². The number of hydrogen-bond acceptors (Lipinski definition) is 5. The number of rotatable bonds is 4. The third-order valence-corrected chi connectivity index (χ3v) is 4.42. The lowest BCUT2D eigenvalue weighted by atomic mass is 10.0. The Labute approximate surface area is 139 Å². The van der Waals surface area contributed by atoms with Crippen LogP contribution in [0.1, 0.15) is 26.0 Å². The number of nitrogens with one attached hydrogen (secondary N) is 2. The molecule has 1 saturated heterocycles. The molecule has 3 heterocycles. The van der Waals surface area contributed by atoms with Crippen LogP contribution in [-0.2, 0) is 10.3 Å². The molecule has 1 atom stereocenters. The summed E-state index contributed by atoms with van der Waals surface area (Å²) in [6.45, 7) is 6.88. The van der Waals surface area contributed by atoms with Crippen molar-refractivity contribution in [3.05, 3.63) is 41.0 Å². The summed E-state index contributed by atoms with van der Waals surface area (Å²) < 4.78 is 1.81. The molecule has 1 aliphatic heterocycles. The molecule has 0 saturated carbocycles. The smallest absolute Gasteiger partial charge is 0.290 e. The number of hydrogen-bond donors (Lipinski definition) is 2. The van der Waals surface area contributed by atoms with Crippen molar-refractivity contribution in [2.75, 3.05) is 18.0 Å². The number of amides is 1. The van der Waals surface area contributed by atoms with E-state index in [-0.39, 0.29) is 17.5 Å². The van der Waals surface area contributed by atoms with Gasteiger partial charge in [0, 0.05) is 37.7 Å². The molecule has 0 aromatic carbocycles. The van der Waals surface area contributed by atoms with Crippen LogP contribution in [-0.4, -0.2) is 44.6 Å². The van der Waals surface area contributed by atoms with Gasteiger partial charge in [-0.3, -0.25) is 9.59 Å². The summed E-state index contributed by atoms with van der Waals surface area (Å²) in [5.41, 5.74) is -0.0621. The highest BCUT2D eigenvalue weighted by Crippen LogP contribution is 2.19. The second-order valence-corrected chi connectivity index (χ2v) is 6.63. The maximum atomic E-state index is 12.7. The SMILES string of the molecule is Cc1cn(C(C)(C)C(=O)NC2CCN(c3ncc[nH]c3=O)C2)cn1. The van der Waals surface area contributed by atoms with Gasteiger partial charge in [0.2, 0.25) is 5.91 Å². The van der Waals surface area contributed by atoms with E-state index in [9.17, 15) is 9.59 Å². The van der Waals surface area contributed by atoms with E-state index in [1.807, 2.05) is 36.4 Å². The van der Waals surface area contributed by atoms with Gasteiger partial charge in [0.25, 0.3) is 5.56 Å². The van der Waals surface area contributed by atoms with E-state index in [0.29, 0.717) is 18.9 Å². The van der Waals surface area contributed by atoms with Crippen LogP contribution in [0.15, 0.2) is 29.7 Å². The van der Waals surface area contributed by atoms with Crippen molar-refractivity contribution in [2.24, 2.45) is 0 Å². The van der Waals surface area contributed by atoms with E-state index in [4.69, 9.17) is 0 Å². The second kappa shape index (κ2) is 6.10. The van der Waals surface area contributed by atoms with Crippen LogP contribution in [0.4, 0.5) is 5.82 Å². The summed E-state index contributed by atoms with van der Waals surface area (Å²) >= 11 is 0. The Morgan fingerprint density at radius 3 is 2.88 bits per heavy atom. The highest BCUT2D eigenvalue weighted by atomic mass is 16.2. The van der Waals surface area contributed by atoms with Gasteiger partial charge in [-0.2, -0.15) is 0 Å². The predicted molar refractivity (Wildman–Crippen MR) is 89.9 cm³/mol. The third kappa shape index (κ3) is 3.04. The predicted octanol–water partition coefficient (Wildman–Crippen LogP) is 0.405. The average molecular weight is 330 g/mol. The average Bonchev–Trinajstić information content (AvgIpc) is 3.17. The van der Waals surface area contributed by atoms with Crippen molar-refractivity contribution in [3.63, 3.8) is 0 Å². The number of carbonyl (C=O) groups is 1. The molecule has 1 unspecified atom stereocenters. The fourth-order valence-corrected chi connectivity index (χ4v) is 2.85. The molecule has 2 N–H and O–H groups in total. The van der Waals surface area contributed by atoms with Crippen LogP contribution in [0.5, 0.6) is 0 Å². The summed E-state index contributed by atoms with van der Waals surface area (Å²) in [4.78, 5) is 37.3. The lowest BCUT2D eigenvalue weighted by Gasteiger charge is -2.27. The molecule has 1 aliphatic rings. The zero-order valence-electron chi connectivity index (χ0n) is 14.1. The topological polar surface area (TPSA) is 95.9 Å². The highest BCUT2D eigenvalue weighted by molar-refractivity contribution is 5.84. The van der Waals surface area contributed by atoms with Gasteiger partial charge in [0.15, 0.2) is 5.82 Å². The summed E-state index contributed by atoms with van der Waals surface area (Å²) in [5, 5.41) is 3.08. The van der Waals surface area contributed by atoms with Gasteiger partial charge in [-0.15, -0.1) is 0 Å². The van der Waals surface area contributed by atoms with Crippen LogP contribution >= 0.6 is 0 Å². The molecular weight excluding hydrogens is 308 g/mol. The Kier molecular flexibility index (Phi) is 4.13. The molecule has 0 radical (unpaired) electrons. The maximum Gasteiger partial charge on any atom is 0.290 e. The van der Waals surface area contributed by atoms with Crippen LogP contribution < -0.4 is 15.8 Å². The number of H-pyrrole nitrogens is 1. The Bertz CT molecular complexity index is 794. The summed E-state index contributed by atoms with van der Waals surface area (Å²) in [7, 11) is 0. The number of carbonyl (C=O) groups excluding carboxylic acids is 1. The number of aromatic amines is 1. The monoisotopic (exact) mass is 330 g/mol. The molecule has 8 nitrogen and oxygen atoms in total. The van der Waals surface area contributed by atoms with Crippen molar-refractivity contribution < 1.29 is 4.79 Å². The van der Waals surface area contributed by atoms with Gasteiger partial charge in [0.05, 0.1) is 12.0 Å². The van der Waals surface area contributed by atoms with Gasteiger partial charge in [-0.1, -0.05) is 0 Å². The van der Waals surface area contributed by atoms with Gasteiger partial charge in [-0.05, 0) is 27.2 Å². The first-order valence-corrected chi connectivity index (χ1v) is 7.98. The molecule has 1 fully saturated rings. The van der Waals surface area contributed by atoms with Gasteiger partial charge < -0.3 is 19.8 Å². The zero-order chi connectivity index (χ0) is 17.3. The molecule has 0 bridgehead atoms. The second-order valence-electron chi connectivity index (χ2n) is 6.63. The van der Waals surface area contributed by atoms with E-state index in [1.165, 1.54) is 6.20 Å². The van der Waals surface area contributed by atoms with Gasteiger partial charge >= 0.3 is 0 Å². The Morgan fingerprint density at radius 2 is 2.21 bits per heavy atom. The minimum absolute atomic E-state index is 0.0113. The molecule has 3 rings (SSSR count). The molecule has 2 aromatic heterocycles. The minimum Gasteiger partial charge on any atom is -0.350 e. The minimum atomic E-state index is -0.725. The lowest BCUT2D eigenvalue weighted by molar-refractivity contribution is -0.129. The quantitative estimate of drug-likeness (QED) is 0.846. The number of nitrogens with zero attached hydrogens (tertiary/aromatic N) is 4. The summed E-state index contributed by atoms with van der Waals surface area (Å²) in [5.74, 6) is 0.334. The molecule has 2 aromatic rings. The Hall–Kier alpha value is -2.64. The Morgan fingerprint density at radius 1 is 1.42 bits per heavy atom. The van der Waals surface area contributed by atoms with Gasteiger partial charge in [0.1, 0.15) is 5.54 Å². The normalized spacial score (nSPS) is 18.0. The first kappa shape index (κ1) is 16.2. The highest BCUT2D eigenvalue weighted by Gasteiger charge is 2.33. The van der Waals surface area contributed by atoms with Crippen molar-refractivity contribution >= 4 is 11.7 Å². The molecule has 1 amide bonds. The Balaban J connectivity index is 1.66. The molecule has 0 spiro atoms. The van der Waals surface area contributed by atoms with E-state index >= 15 is 0 Å².